The maximum atomic E-state index is 12.4. The molecule has 6 nitrogen and oxygen atoms in total. The van der Waals surface area contributed by atoms with Gasteiger partial charge in [-0.3, -0.25) is 5.32 Å². The zero-order valence-corrected chi connectivity index (χ0v) is 16.5. The number of carbonyl (C=O) groups is 1. The van der Waals surface area contributed by atoms with Gasteiger partial charge in [-0.2, -0.15) is 5.26 Å². The Kier molecular flexibility index (Phi) is 6.86. The van der Waals surface area contributed by atoms with Crippen LogP contribution in [-0.2, 0) is 11.3 Å². The number of hydrogen-bond donors (Lipinski definition) is 1. The van der Waals surface area contributed by atoms with Gasteiger partial charge in [0.2, 0.25) is 0 Å². The predicted molar refractivity (Wildman–Crippen MR) is 110 cm³/mol. The summed E-state index contributed by atoms with van der Waals surface area (Å²) in [6.45, 7) is 0.919. The third-order valence-corrected chi connectivity index (χ3v) is 4.53. The number of benzene rings is 2. The molecule has 2 aromatic carbocycles. The molecule has 0 aliphatic rings. The number of anilines is 1. The molecule has 0 atom stereocenters. The molecule has 0 saturated heterocycles. The van der Waals surface area contributed by atoms with Crippen molar-refractivity contribution in [1.82, 2.24) is 4.57 Å². The van der Waals surface area contributed by atoms with Crippen LogP contribution in [0.4, 0.5) is 19.3 Å². The predicted octanol–water partition coefficient (Wildman–Crippen LogP) is 5.07. The molecule has 30 heavy (non-hydrogen) atoms. The molecule has 0 unspecified atom stereocenters. The number of halogens is 2. The van der Waals surface area contributed by atoms with E-state index in [0.717, 1.165) is 22.2 Å². The van der Waals surface area contributed by atoms with Crippen molar-refractivity contribution in [2.45, 2.75) is 13.5 Å². The number of hydrogen-bond acceptors (Lipinski definition) is 4. The molecule has 156 valence electrons. The minimum Gasteiger partial charge on any atom is -0.491 e. The molecule has 3 aromatic rings. The topological polar surface area (TPSA) is 76.3 Å². The normalized spacial score (nSPS) is 10.6. The van der Waals surface area contributed by atoms with E-state index in [-0.39, 0.29) is 13.2 Å². The van der Waals surface area contributed by atoms with Crippen LogP contribution in [0.2, 0.25) is 0 Å². The molecule has 0 fully saturated rings. The standard InChI is InChI=1S/C22H21F2N3O3/c1-2-27-20-13-17(29-11-9-23)7-8-18(20)19(14-25)21(27)15-3-5-16(6-4-15)26-22(28)30-12-10-24/h3-8,13H,2,9-12H2,1H3,(H,26,28). The summed E-state index contributed by atoms with van der Waals surface area (Å²) >= 11 is 0. The summed E-state index contributed by atoms with van der Waals surface area (Å²) in [6, 6.07) is 14.5. The molecule has 0 saturated carbocycles. The average Bonchev–Trinajstić information content (AvgIpc) is 3.09. The number of aromatic nitrogens is 1. The first-order chi connectivity index (χ1) is 14.6. The number of rotatable bonds is 8. The molecular weight excluding hydrogens is 392 g/mol. The lowest BCUT2D eigenvalue weighted by atomic mass is 10.1. The summed E-state index contributed by atoms with van der Waals surface area (Å²) in [6.07, 6.45) is -0.735. The monoisotopic (exact) mass is 413 g/mol. The van der Waals surface area contributed by atoms with Gasteiger partial charge in [0.15, 0.2) is 0 Å². The van der Waals surface area contributed by atoms with Crippen molar-refractivity contribution in [2.24, 2.45) is 0 Å². The Morgan fingerprint density at radius 2 is 1.87 bits per heavy atom. The Morgan fingerprint density at radius 1 is 1.13 bits per heavy atom. The third-order valence-electron chi connectivity index (χ3n) is 4.53. The number of nitrogens with zero attached hydrogens (tertiary/aromatic N) is 2. The van der Waals surface area contributed by atoms with Gasteiger partial charge in [0.1, 0.15) is 38.4 Å². The van der Waals surface area contributed by atoms with E-state index >= 15 is 0 Å². The number of nitriles is 1. The Morgan fingerprint density at radius 3 is 2.50 bits per heavy atom. The summed E-state index contributed by atoms with van der Waals surface area (Å²) in [7, 11) is 0. The van der Waals surface area contributed by atoms with Crippen LogP contribution in [0.1, 0.15) is 12.5 Å². The molecule has 1 heterocycles. The van der Waals surface area contributed by atoms with Crippen molar-refractivity contribution >= 4 is 22.7 Å². The highest BCUT2D eigenvalue weighted by Gasteiger charge is 2.18. The number of alkyl halides is 2. The first-order valence-electron chi connectivity index (χ1n) is 9.48. The summed E-state index contributed by atoms with van der Waals surface area (Å²) in [4.78, 5) is 11.6. The lowest BCUT2D eigenvalue weighted by Crippen LogP contribution is -2.14. The summed E-state index contributed by atoms with van der Waals surface area (Å²) in [5, 5.41) is 13.1. The summed E-state index contributed by atoms with van der Waals surface area (Å²) in [5.41, 5.74) is 3.36. The van der Waals surface area contributed by atoms with Gasteiger partial charge in [0, 0.05) is 23.7 Å². The zero-order valence-electron chi connectivity index (χ0n) is 16.5. The second-order valence-corrected chi connectivity index (χ2v) is 6.32. The molecule has 1 N–H and O–H groups in total. The van der Waals surface area contributed by atoms with Gasteiger partial charge in [0.05, 0.1) is 16.8 Å². The van der Waals surface area contributed by atoms with Gasteiger partial charge in [-0.1, -0.05) is 12.1 Å². The number of nitrogens with one attached hydrogen (secondary N) is 1. The summed E-state index contributed by atoms with van der Waals surface area (Å²) in [5.74, 6) is 0.537. The van der Waals surface area contributed by atoms with Gasteiger partial charge < -0.3 is 14.0 Å². The van der Waals surface area contributed by atoms with Crippen LogP contribution in [-0.4, -0.2) is 37.2 Å². The Hall–Kier alpha value is -3.60. The molecule has 0 radical (unpaired) electrons. The molecule has 0 bridgehead atoms. The molecule has 0 aliphatic heterocycles. The first-order valence-corrected chi connectivity index (χ1v) is 9.48. The fourth-order valence-electron chi connectivity index (χ4n) is 3.31. The Bertz CT molecular complexity index is 1070. The molecule has 8 heteroatoms. The van der Waals surface area contributed by atoms with Crippen molar-refractivity contribution < 1.29 is 23.0 Å². The zero-order chi connectivity index (χ0) is 21.5. The van der Waals surface area contributed by atoms with Crippen molar-refractivity contribution in [1.29, 1.82) is 5.26 Å². The Balaban J connectivity index is 1.98. The highest BCUT2D eigenvalue weighted by Crippen LogP contribution is 2.35. The first kappa shape index (κ1) is 21.1. The van der Waals surface area contributed by atoms with E-state index in [1.165, 1.54) is 0 Å². The van der Waals surface area contributed by atoms with E-state index in [1.807, 2.05) is 11.5 Å². The maximum absolute atomic E-state index is 12.4. The fraction of sp³-hybridized carbons (Fsp3) is 0.273. The van der Waals surface area contributed by atoms with Crippen molar-refractivity contribution in [2.75, 3.05) is 31.9 Å². The highest BCUT2D eigenvalue weighted by molar-refractivity contribution is 5.95. The van der Waals surface area contributed by atoms with Crippen LogP contribution in [0.15, 0.2) is 42.5 Å². The van der Waals surface area contributed by atoms with Crippen LogP contribution in [0.5, 0.6) is 5.75 Å². The second-order valence-electron chi connectivity index (χ2n) is 6.32. The fourth-order valence-corrected chi connectivity index (χ4v) is 3.31. The largest absolute Gasteiger partial charge is 0.491 e. The van der Waals surface area contributed by atoms with Crippen molar-refractivity contribution in [3.8, 4) is 23.1 Å². The lowest BCUT2D eigenvalue weighted by molar-refractivity contribution is 0.152. The van der Waals surface area contributed by atoms with E-state index < -0.39 is 19.4 Å². The van der Waals surface area contributed by atoms with Crippen LogP contribution < -0.4 is 10.1 Å². The minimum atomic E-state index is -0.745. The van der Waals surface area contributed by atoms with Gasteiger partial charge in [0.25, 0.3) is 0 Å². The number of aryl methyl sites for hydroxylation is 1. The highest BCUT2D eigenvalue weighted by atomic mass is 19.1. The molecule has 0 spiro atoms. The van der Waals surface area contributed by atoms with E-state index in [9.17, 15) is 18.8 Å². The van der Waals surface area contributed by atoms with Crippen molar-refractivity contribution in [3.05, 3.63) is 48.0 Å². The second kappa shape index (κ2) is 9.74. The molecule has 0 aliphatic carbocycles. The van der Waals surface area contributed by atoms with Gasteiger partial charge >= 0.3 is 6.09 Å². The van der Waals surface area contributed by atoms with Crippen molar-refractivity contribution in [3.63, 3.8) is 0 Å². The average molecular weight is 413 g/mol. The number of carbonyl (C=O) groups excluding carboxylic acids is 1. The van der Waals surface area contributed by atoms with E-state index in [0.29, 0.717) is 23.5 Å². The lowest BCUT2D eigenvalue weighted by Gasteiger charge is -2.11. The third kappa shape index (κ3) is 4.35. The number of ether oxygens (including phenoxy) is 2. The number of amides is 1. The number of fused-ring (bicyclic) bond motifs is 1. The van der Waals surface area contributed by atoms with E-state index in [4.69, 9.17) is 4.74 Å². The van der Waals surface area contributed by atoms with Gasteiger partial charge in [-0.25, -0.2) is 13.6 Å². The molecular formula is C22H21F2N3O3. The van der Waals surface area contributed by atoms with Gasteiger partial charge in [-0.15, -0.1) is 0 Å². The SMILES string of the molecule is CCn1c(-c2ccc(NC(=O)OCCF)cc2)c(C#N)c2ccc(OCCF)cc21. The molecule has 1 amide bonds. The maximum Gasteiger partial charge on any atom is 0.411 e. The van der Waals surface area contributed by atoms with E-state index in [1.54, 1.807) is 42.5 Å². The Labute approximate surface area is 172 Å². The smallest absolute Gasteiger partial charge is 0.411 e. The van der Waals surface area contributed by atoms with Crippen LogP contribution in [0.3, 0.4) is 0 Å². The minimum absolute atomic E-state index is 0.0292. The van der Waals surface area contributed by atoms with Crippen LogP contribution in [0.25, 0.3) is 22.2 Å². The molecule has 3 rings (SSSR count). The van der Waals surface area contributed by atoms with Gasteiger partial charge in [-0.05, 0) is 36.8 Å². The van der Waals surface area contributed by atoms with Crippen LogP contribution >= 0.6 is 0 Å². The quantitative estimate of drug-likeness (QED) is 0.560. The van der Waals surface area contributed by atoms with Crippen LogP contribution in [0, 0.1) is 11.3 Å². The summed E-state index contributed by atoms with van der Waals surface area (Å²) < 4.78 is 36.6. The van der Waals surface area contributed by atoms with E-state index in [2.05, 4.69) is 16.1 Å². The molecule has 1 aromatic heterocycles.